The summed E-state index contributed by atoms with van der Waals surface area (Å²) in [5, 5.41) is 3.94. The molecule has 156 valence electrons. The second-order valence-electron chi connectivity index (χ2n) is 7.37. The number of hydrogen-bond acceptors (Lipinski definition) is 4. The van der Waals surface area contributed by atoms with Crippen molar-refractivity contribution in [3.63, 3.8) is 0 Å². The van der Waals surface area contributed by atoms with Crippen molar-refractivity contribution in [3.8, 4) is 11.3 Å². The van der Waals surface area contributed by atoms with E-state index in [4.69, 9.17) is 11.6 Å². The second-order valence-corrected chi connectivity index (χ2v) is 7.77. The number of nitrogens with zero attached hydrogens (tertiary/aromatic N) is 4. The SMILES string of the molecule is C=CCn1c(-c2ccccc2Cl)cn2cc(C(=O)N3CCN[C@@H](CC)C3)nc2c1=O. The summed E-state index contributed by atoms with van der Waals surface area (Å²) in [6, 6.07) is 7.62. The van der Waals surface area contributed by atoms with E-state index >= 15 is 0 Å². The van der Waals surface area contributed by atoms with E-state index in [1.54, 1.807) is 38.4 Å². The van der Waals surface area contributed by atoms with Crippen LogP contribution in [0.25, 0.3) is 16.9 Å². The standard InChI is InChI=1S/C22H24ClN5O2/c1-3-10-28-19(16-7-5-6-8-17(16)23)14-27-13-18(25-20(27)22(28)30)21(29)26-11-9-24-15(4-2)12-26/h3,5-8,13-15,24H,1,4,9-12H2,2H3/t15-/m0/s1. The molecule has 7 nitrogen and oxygen atoms in total. The van der Waals surface area contributed by atoms with Crippen molar-refractivity contribution in [2.45, 2.75) is 25.9 Å². The largest absolute Gasteiger partial charge is 0.334 e. The van der Waals surface area contributed by atoms with Crippen molar-refractivity contribution in [1.82, 2.24) is 24.2 Å². The molecule has 0 radical (unpaired) electrons. The maximum absolute atomic E-state index is 13.2. The van der Waals surface area contributed by atoms with E-state index in [1.165, 1.54) is 0 Å². The highest BCUT2D eigenvalue weighted by Crippen LogP contribution is 2.27. The highest BCUT2D eigenvalue weighted by molar-refractivity contribution is 6.33. The van der Waals surface area contributed by atoms with Gasteiger partial charge in [-0.3, -0.25) is 18.6 Å². The topological polar surface area (TPSA) is 71.6 Å². The Balaban J connectivity index is 1.80. The molecule has 0 saturated carbocycles. The zero-order chi connectivity index (χ0) is 21.3. The lowest BCUT2D eigenvalue weighted by Crippen LogP contribution is -2.52. The molecule has 1 fully saturated rings. The third-order valence-electron chi connectivity index (χ3n) is 5.44. The van der Waals surface area contributed by atoms with Gasteiger partial charge in [-0.25, -0.2) is 4.98 Å². The van der Waals surface area contributed by atoms with Gasteiger partial charge in [-0.05, 0) is 12.5 Å². The Bertz CT molecular complexity index is 1170. The van der Waals surface area contributed by atoms with E-state index in [0.717, 1.165) is 18.5 Å². The Morgan fingerprint density at radius 1 is 1.37 bits per heavy atom. The molecule has 1 N–H and O–H groups in total. The van der Waals surface area contributed by atoms with Crippen LogP contribution in [0.4, 0.5) is 0 Å². The number of fused-ring (bicyclic) bond motifs is 1. The van der Waals surface area contributed by atoms with E-state index in [1.807, 2.05) is 18.2 Å². The van der Waals surface area contributed by atoms with Gasteiger partial charge >= 0.3 is 0 Å². The lowest BCUT2D eigenvalue weighted by molar-refractivity contribution is 0.0696. The average Bonchev–Trinajstić information content (AvgIpc) is 3.20. The summed E-state index contributed by atoms with van der Waals surface area (Å²) in [7, 11) is 0. The van der Waals surface area contributed by atoms with Gasteiger partial charge in [0.1, 0.15) is 5.69 Å². The summed E-state index contributed by atoms with van der Waals surface area (Å²) in [4.78, 5) is 32.4. The zero-order valence-corrected chi connectivity index (χ0v) is 17.6. The molecule has 8 heteroatoms. The van der Waals surface area contributed by atoms with Crippen LogP contribution >= 0.6 is 11.6 Å². The first-order valence-corrected chi connectivity index (χ1v) is 10.4. The van der Waals surface area contributed by atoms with Crippen LogP contribution in [0.15, 0.2) is 54.1 Å². The van der Waals surface area contributed by atoms with Crippen LogP contribution in [0.2, 0.25) is 5.02 Å². The predicted molar refractivity (Wildman–Crippen MR) is 118 cm³/mol. The summed E-state index contributed by atoms with van der Waals surface area (Å²) in [5.41, 5.74) is 1.55. The molecule has 3 aromatic rings. The molecule has 0 spiro atoms. The summed E-state index contributed by atoms with van der Waals surface area (Å²) in [6.07, 6.45) is 6.01. The fraction of sp³-hybridized carbons (Fsp3) is 0.318. The van der Waals surface area contributed by atoms with Crippen molar-refractivity contribution >= 4 is 23.2 Å². The first-order valence-electron chi connectivity index (χ1n) is 10.0. The van der Waals surface area contributed by atoms with Gasteiger partial charge in [0.2, 0.25) is 5.65 Å². The van der Waals surface area contributed by atoms with Crippen LogP contribution < -0.4 is 10.9 Å². The first-order chi connectivity index (χ1) is 14.5. The van der Waals surface area contributed by atoms with E-state index in [0.29, 0.717) is 30.4 Å². The summed E-state index contributed by atoms with van der Waals surface area (Å²) in [6.45, 7) is 8.16. The average molecular weight is 426 g/mol. The number of rotatable bonds is 5. The number of halogens is 1. The number of carbonyl (C=O) groups excluding carboxylic acids is 1. The maximum atomic E-state index is 13.2. The third-order valence-corrected chi connectivity index (χ3v) is 5.77. The molecule has 1 saturated heterocycles. The third kappa shape index (κ3) is 3.66. The monoisotopic (exact) mass is 425 g/mol. The molecular formula is C22H24ClN5O2. The van der Waals surface area contributed by atoms with Crippen molar-refractivity contribution in [3.05, 3.63) is 70.4 Å². The van der Waals surface area contributed by atoms with Crippen molar-refractivity contribution in [2.24, 2.45) is 0 Å². The number of carbonyl (C=O) groups is 1. The van der Waals surface area contributed by atoms with Crippen LogP contribution in [-0.4, -0.2) is 50.4 Å². The zero-order valence-electron chi connectivity index (χ0n) is 16.8. The van der Waals surface area contributed by atoms with E-state index in [2.05, 4.69) is 23.8 Å². The van der Waals surface area contributed by atoms with Crippen molar-refractivity contribution in [1.29, 1.82) is 0 Å². The Morgan fingerprint density at radius 2 is 2.17 bits per heavy atom. The highest BCUT2D eigenvalue weighted by Gasteiger charge is 2.25. The van der Waals surface area contributed by atoms with Gasteiger partial charge in [-0.2, -0.15) is 0 Å². The lowest BCUT2D eigenvalue weighted by atomic mass is 10.1. The normalized spacial score (nSPS) is 16.7. The van der Waals surface area contributed by atoms with Gasteiger partial charge in [-0.15, -0.1) is 6.58 Å². The fourth-order valence-corrected chi connectivity index (χ4v) is 4.06. The molecule has 3 heterocycles. The molecule has 0 bridgehead atoms. The second kappa shape index (κ2) is 8.45. The van der Waals surface area contributed by atoms with Gasteiger partial charge in [0.05, 0.1) is 5.69 Å². The molecule has 0 aliphatic carbocycles. The number of benzene rings is 1. The molecule has 4 rings (SSSR count). The Labute approximate surface area is 179 Å². The van der Waals surface area contributed by atoms with E-state index in [-0.39, 0.29) is 28.8 Å². The molecule has 1 aliphatic rings. The number of aromatic nitrogens is 3. The van der Waals surface area contributed by atoms with Gasteiger partial charge < -0.3 is 10.2 Å². The fourth-order valence-electron chi connectivity index (χ4n) is 3.82. The smallest absolute Gasteiger partial charge is 0.295 e. The molecule has 30 heavy (non-hydrogen) atoms. The number of imidazole rings is 1. The number of amides is 1. The van der Waals surface area contributed by atoms with Gasteiger partial charge in [-0.1, -0.05) is 42.8 Å². The van der Waals surface area contributed by atoms with Gasteiger partial charge in [0, 0.05) is 55.2 Å². The number of hydrogen-bond donors (Lipinski definition) is 1. The summed E-state index contributed by atoms with van der Waals surface area (Å²) in [5.74, 6) is -0.160. The molecule has 1 aliphatic heterocycles. The minimum atomic E-state index is -0.293. The minimum absolute atomic E-state index is 0.160. The molecular weight excluding hydrogens is 402 g/mol. The molecule has 0 unspecified atom stereocenters. The number of piperazine rings is 1. The van der Waals surface area contributed by atoms with Crippen LogP contribution in [0, 0.1) is 0 Å². The summed E-state index contributed by atoms with van der Waals surface area (Å²) >= 11 is 6.39. The van der Waals surface area contributed by atoms with Crippen LogP contribution in [-0.2, 0) is 6.54 Å². The minimum Gasteiger partial charge on any atom is -0.334 e. The predicted octanol–water partition coefficient (Wildman–Crippen LogP) is 2.83. The maximum Gasteiger partial charge on any atom is 0.295 e. The molecule has 1 aromatic carbocycles. The van der Waals surface area contributed by atoms with Gasteiger partial charge in [0.15, 0.2) is 0 Å². The summed E-state index contributed by atoms with van der Waals surface area (Å²) < 4.78 is 3.19. The number of nitrogens with one attached hydrogen (secondary N) is 1. The Morgan fingerprint density at radius 3 is 2.90 bits per heavy atom. The highest BCUT2D eigenvalue weighted by atomic mass is 35.5. The van der Waals surface area contributed by atoms with Crippen molar-refractivity contribution in [2.75, 3.05) is 19.6 Å². The van der Waals surface area contributed by atoms with Gasteiger partial charge in [0.25, 0.3) is 11.5 Å². The molecule has 2 aromatic heterocycles. The van der Waals surface area contributed by atoms with Crippen LogP contribution in [0.1, 0.15) is 23.8 Å². The van der Waals surface area contributed by atoms with E-state index in [9.17, 15) is 9.59 Å². The van der Waals surface area contributed by atoms with E-state index < -0.39 is 0 Å². The number of allylic oxidation sites excluding steroid dienone is 1. The lowest BCUT2D eigenvalue weighted by Gasteiger charge is -2.32. The first kappa shape index (κ1) is 20.4. The van der Waals surface area contributed by atoms with Crippen LogP contribution in [0.3, 0.4) is 0 Å². The van der Waals surface area contributed by atoms with Crippen molar-refractivity contribution < 1.29 is 4.79 Å². The van der Waals surface area contributed by atoms with Crippen LogP contribution in [0.5, 0.6) is 0 Å². The Hall–Kier alpha value is -2.90. The Kier molecular flexibility index (Phi) is 5.74. The molecule has 1 amide bonds. The molecule has 1 atom stereocenters. The quantitative estimate of drug-likeness (QED) is 0.638.